The highest BCUT2D eigenvalue weighted by Crippen LogP contribution is 2.21. The molecule has 0 aliphatic carbocycles. The second kappa shape index (κ2) is 6.23. The first kappa shape index (κ1) is 16.2. The lowest BCUT2D eigenvalue weighted by molar-refractivity contribution is -0.141. The molecule has 1 amide bonds. The molecule has 0 rings (SSSR count). The van der Waals surface area contributed by atoms with E-state index in [0.717, 1.165) is 0 Å². The molecule has 3 nitrogen and oxygen atoms in total. The van der Waals surface area contributed by atoms with Gasteiger partial charge in [-0.05, 0) is 27.7 Å². The molecule has 102 valence electrons. The number of hydrogen-bond donors (Lipinski definition) is 2. The van der Waals surface area contributed by atoms with E-state index in [0.29, 0.717) is 6.54 Å². The maximum atomic E-state index is 12.0. The highest BCUT2D eigenvalue weighted by atomic mass is 19.4. The van der Waals surface area contributed by atoms with Gasteiger partial charge in [0.05, 0.1) is 6.42 Å². The molecule has 0 saturated carbocycles. The van der Waals surface area contributed by atoms with Crippen molar-refractivity contribution in [3.63, 3.8) is 0 Å². The summed E-state index contributed by atoms with van der Waals surface area (Å²) in [5.41, 5.74) is -0.0993. The highest BCUT2D eigenvalue weighted by molar-refractivity contribution is 5.76. The molecule has 0 spiro atoms. The first-order valence-corrected chi connectivity index (χ1v) is 5.61. The van der Waals surface area contributed by atoms with Gasteiger partial charge >= 0.3 is 6.18 Å². The number of amides is 1. The van der Waals surface area contributed by atoms with E-state index < -0.39 is 18.6 Å². The quantitative estimate of drug-likeness (QED) is 0.790. The molecule has 2 N–H and O–H groups in total. The SMILES string of the molecule is CC(CC(F)(F)F)NC(=O)CCNC(C)(C)C. The summed E-state index contributed by atoms with van der Waals surface area (Å²) >= 11 is 0. The summed E-state index contributed by atoms with van der Waals surface area (Å²) in [4.78, 5) is 11.3. The van der Waals surface area contributed by atoms with Crippen molar-refractivity contribution in [2.45, 2.75) is 58.3 Å². The molecule has 0 saturated heterocycles. The predicted octanol–water partition coefficient (Wildman–Crippen LogP) is 2.22. The number of halogens is 3. The molecule has 0 aromatic carbocycles. The number of carbonyl (C=O) groups excluding carboxylic acids is 1. The van der Waals surface area contributed by atoms with Gasteiger partial charge in [-0.2, -0.15) is 13.2 Å². The van der Waals surface area contributed by atoms with Crippen LogP contribution in [-0.2, 0) is 4.79 Å². The van der Waals surface area contributed by atoms with Gasteiger partial charge in [0.1, 0.15) is 0 Å². The second-order valence-corrected chi connectivity index (χ2v) is 5.21. The van der Waals surface area contributed by atoms with Crippen LogP contribution >= 0.6 is 0 Å². The van der Waals surface area contributed by atoms with Crippen molar-refractivity contribution in [2.24, 2.45) is 0 Å². The third kappa shape index (κ3) is 11.5. The highest BCUT2D eigenvalue weighted by Gasteiger charge is 2.30. The minimum Gasteiger partial charge on any atom is -0.353 e. The molecular weight excluding hydrogens is 233 g/mol. The zero-order chi connectivity index (χ0) is 13.7. The Morgan fingerprint density at radius 1 is 1.24 bits per heavy atom. The van der Waals surface area contributed by atoms with Crippen molar-refractivity contribution < 1.29 is 18.0 Å². The van der Waals surface area contributed by atoms with Gasteiger partial charge in [-0.25, -0.2) is 0 Å². The number of carbonyl (C=O) groups is 1. The average molecular weight is 254 g/mol. The largest absolute Gasteiger partial charge is 0.391 e. The monoisotopic (exact) mass is 254 g/mol. The van der Waals surface area contributed by atoms with Crippen molar-refractivity contribution in [1.82, 2.24) is 10.6 Å². The van der Waals surface area contributed by atoms with Crippen molar-refractivity contribution in [3.05, 3.63) is 0 Å². The molecule has 0 fully saturated rings. The Labute approximate surface area is 100 Å². The number of alkyl halides is 3. The molecule has 1 unspecified atom stereocenters. The first-order valence-electron chi connectivity index (χ1n) is 5.61. The standard InChI is InChI=1S/C11H21F3N2O/c1-8(7-11(12,13)14)16-9(17)5-6-15-10(2,3)4/h8,15H,5-7H2,1-4H3,(H,16,17). The fourth-order valence-electron chi connectivity index (χ4n) is 1.30. The molecule has 0 aromatic rings. The molecule has 1 atom stereocenters. The summed E-state index contributed by atoms with van der Waals surface area (Å²) in [5, 5.41) is 5.41. The Morgan fingerprint density at radius 2 is 1.76 bits per heavy atom. The van der Waals surface area contributed by atoms with E-state index in [1.165, 1.54) is 6.92 Å². The van der Waals surface area contributed by atoms with Gasteiger partial charge in [-0.3, -0.25) is 4.79 Å². The van der Waals surface area contributed by atoms with E-state index >= 15 is 0 Å². The van der Waals surface area contributed by atoms with E-state index in [-0.39, 0.29) is 17.9 Å². The van der Waals surface area contributed by atoms with Crippen LogP contribution in [0.4, 0.5) is 13.2 Å². The van der Waals surface area contributed by atoms with Crippen LogP contribution in [0.3, 0.4) is 0 Å². The van der Waals surface area contributed by atoms with Crippen LogP contribution in [0.1, 0.15) is 40.5 Å². The summed E-state index contributed by atoms with van der Waals surface area (Å²) in [6.07, 6.45) is -5.05. The van der Waals surface area contributed by atoms with E-state index in [1.807, 2.05) is 20.8 Å². The van der Waals surface area contributed by atoms with Crippen molar-refractivity contribution >= 4 is 5.91 Å². The van der Waals surface area contributed by atoms with Crippen LogP contribution in [0.25, 0.3) is 0 Å². The van der Waals surface area contributed by atoms with Gasteiger partial charge in [0.15, 0.2) is 0 Å². The zero-order valence-corrected chi connectivity index (χ0v) is 10.7. The van der Waals surface area contributed by atoms with Gasteiger partial charge in [0.25, 0.3) is 0 Å². The Hall–Kier alpha value is -0.780. The molecule has 0 heterocycles. The van der Waals surface area contributed by atoms with Gasteiger partial charge in [0.2, 0.25) is 5.91 Å². The predicted molar refractivity (Wildman–Crippen MR) is 60.6 cm³/mol. The molecular formula is C11H21F3N2O. The van der Waals surface area contributed by atoms with Crippen molar-refractivity contribution in [2.75, 3.05) is 6.54 Å². The lowest BCUT2D eigenvalue weighted by atomic mass is 10.1. The minimum absolute atomic E-state index is 0.0993. The third-order valence-corrected chi connectivity index (χ3v) is 1.95. The van der Waals surface area contributed by atoms with Gasteiger partial charge in [-0.15, -0.1) is 0 Å². The maximum absolute atomic E-state index is 12.0. The molecule has 17 heavy (non-hydrogen) atoms. The summed E-state index contributed by atoms with van der Waals surface area (Å²) in [7, 11) is 0. The summed E-state index contributed by atoms with van der Waals surface area (Å²) in [5.74, 6) is -0.362. The number of rotatable bonds is 5. The lowest BCUT2D eigenvalue weighted by Crippen LogP contribution is -2.40. The van der Waals surface area contributed by atoms with Crippen LogP contribution in [0.5, 0.6) is 0 Å². The van der Waals surface area contributed by atoms with Crippen LogP contribution in [0, 0.1) is 0 Å². The number of hydrogen-bond acceptors (Lipinski definition) is 2. The van der Waals surface area contributed by atoms with Crippen molar-refractivity contribution in [3.8, 4) is 0 Å². The molecule has 0 aromatic heterocycles. The topological polar surface area (TPSA) is 41.1 Å². The van der Waals surface area contributed by atoms with Gasteiger partial charge < -0.3 is 10.6 Å². The fraction of sp³-hybridized carbons (Fsp3) is 0.909. The maximum Gasteiger partial charge on any atom is 0.391 e. The molecule has 0 radical (unpaired) electrons. The smallest absolute Gasteiger partial charge is 0.353 e. The Kier molecular flexibility index (Phi) is 5.95. The van der Waals surface area contributed by atoms with E-state index in [1.54, 1.807) is 0 Å². The lowest BCUT2D eigenvalue weighted by Gasteiger charge is -2.21. The summed E-state index contributed by atoms with van der Waals surface area (Å²) in [6.45, 7) is 7.67. The molecule has 0 aliphatic rings. The van der Waals surface area contributed by atoms with Crippen LogP contribution < -0.4 is 10.6 Å². The Balaban J connectivity index is 3.80. The zero-order valence-electron chi connectivity index (χ0n) is 10.7. The van der Waals surface area contributed by atoms with Crippen LogP contribution in [0.15, 0.2) is 0 Å². The Bertz CT molecular complexity index is 246. The van der Waals surface area contributed by atoms with Crippen LogP contribution in [0.2, 0.25) is 0 Å². The summed E-state index contributed by atoms with van der Waals surface area (Å²) in [6, 6.07) is -0.878. The minimum atomic E-state index is -4.24. The normalized spacial score (nSPS) is 14.5. The van der Waals surface area contributed by atoms with Crippen LogP contribution in [-0.4, -0.2) is 30.2 Å². The van der Waals surface area contributed by atoms with E-state index in [9.17, 15) is 18.0 Å². The molecule has 0 bridgehead atoms. The summed E-state index contributed by atoms with van der Waals surface area (Å²) < 4.78 is 36.0. The second-order valence-electron chi connectivity index (χ2n) is 5.21. The average Bonchev–Trinajstić information content (AvgIpc) is 1.96. The third-order valence-electron chi connectivity index (χ3n) is 1.95. The molecule has 0 aliphatic heterocycles. The molecule has 6 heteroatoms. The van der Waals surface area contributed by atoms with Gasteiger partial charge in [0, 0.05) is 24.5 Å². The van der Waals surface area contributed by atoms with E-state index in [2.05, 4.69) is 10.6 Å². The van der Waals surface area contributed by atoms with E-state index in [4.69, 9.17) is 0 Å². The fourth-order valence-corrected chi connectivity index (χ4v) is 1.30. The Morgan fingerprint density at radius 3 is 2.18 bits per heavy atom. The first-order chi connectivity index (χ1) is 7.49. The van der Waals surface area contributed by atoms with Crippen molar-refractivity contribution in [1.29, 1.82) is 0 Å². The number of nitrogens with one attached hydrogen (secondary N) is 2. The van der Waals surface area contributed by atoms with Gasteiger partial charge in [-0.1, -0.05) is 0 Å².